The lowest BCUT2D eigenvalue weighted by molar-refractivity contribution is 0.0695. The Morgan fingerprint density at radius 1 is 0.480 bits per heavy atom. The molecule has 25 heavy (non-hydrogen) atoms. The van der Waals surface area contributed by atoms with Crippen molar-refractivity contribution in [2.45, 2.75) is 41.5 Å². The highest BCUT2D eigenvalue weighted by atomic mass is 16.7. The van der Waals surface area contributed by atoms with E-state index in [1.54, 1.807) is 0 Å². The monoisotopic (exact) mass is 359 g/mol. The molecule has 7 heteroatoms. The van der Waals surface area contributed by atoms with E-state index in [2.05, 4.69) is 56.2 Å². The van der Waals surface area contributed by atoms with E-state index in [0.29, 0.717) is 19.8 Å². The molecule has 0 atom stereocenters. The predicted molar refractivity (Wildman–Crippen MR) is 107 cm³/mol. The highest BCUT2D eigenvalue weighted by molar-refractivity contribution is 6.36. The maximum atomic E-state index is 5.85. The van der Waals surface area contributed by atoms with Gasteiger partial charge in [0.05, 0.1) is 0 Å². The quantitative estimate of drug-likeness (QED) is 0.349. The Kier molecular flexibility index (Phi) is 17.1. The standard InChI is InChI=1S/C18H42BN3O3/c1-7-20(8-2)13-16-23-19(24-17-14-21(9-3)10-4)25-18-15-22(11-5)12-6/h7-18H2,1-6H3. The number of likely N-dealkylation sites (N-methyl/N-ethyl adjacent to an activating group) is 3. The molecule has 0 aliphatic carbocycles. The highest BCUT2D eigenvalue weighted by Gasteiger charge is 2.22. The van der Waals surface area contributed by atoms with Gasteiger partial charge in [-0.2, -0.15) is 0 Å². The zero-order valence-electron chi connectivity index (χ0n) is 17.6. The summed E-state index contributed by atoms with van der Waals surface area (Å²) in [6, 6.07) is 0. The van der Waals surface area contributed by atoms with Crippen LogP contribution in [0.3, 0.4) is 0 Å². The molecule has 0 saturated heterocycles. The third kappa shape index (κ3) is 12.8. The molecule has 0 aromatic heterocycles. The molecule has 0 aliphatic rings. The van der Waals surface area contributed by atoms with Gasteiger partial charge >= 0.3 is 7.32 Å². The summed E-state index contributed by atoms with van der Waals surface area (Å²) in [6.07, 6.45) is 0. The normalized spacial score (nSPS) is 11.9. The zero-order valence-corrected chi connectivity index (χ0v) is 17.6. The van der Waals surface area contributed by atoms with Crippen molar-refractivity contribution in [3.8, 4) is 0 Å². The Hall–Kier alpha value is -0.175. The van der Waals surface area contributed by atoms with Crippen LogP contribution in [-0.4, -0.2) is 101 Å². The Morgan fingerprint density at radius 2 is 0.720 bits per heavy atom. The van der Waals surface area contributed by atoms with Gasteiger partial charge in [0.1, 0.15) is 0 Å². The van der Waals surface area contributed by atoms with E-state index >= 15 is 0 Å². The molecule has 0 bridgehead atoms. The molecule has 0 aromatic carbocycles. The van der Waals surface area contributed by atoms with Crippen molar-refractivity contribution in [2.75, 3.05) is 78.7 Å². The van der Waals surface area contributed by atoms with Crippen molar-refractivity contribution in [3.63, 3.8) is 0 Å². The van der Waals surface area contributed by atoms with Crippen molar-refractivity contribution in [2.24, 2.45) is 0 Å². The van der Waals surface area contributed by atoms with Gasteiger partial charge in [-0.1, -0.05) is 41.5 Å². The van der Waals surface area contributed by atoms with Crippen molar-refractivity contribution >= 4 is 7.32 Å². The first-order valence-electron chi connectivity index (χ1n) is 10.2. The first-order chi connectivity index (χ1) is 12.1. The Morgan fingerprint density at radius 3 is 0.920 bits per heavy atom. The average Bonchev–Trinajstić information content (AvgIpc) is 2.65. The molecule has 0 spiro atoms. The lowest BCUT2D eigenvalue weighted by Gasteiger charge is -2.23. The van der Waals surface area contributed by atoms with Gasteiger partial charge < -0.3 is 28.7 Å². The van der Waals surface area contributed by atoms with Gasteiger partial charge in [-0.3, -0.25) is 0 Å². The van der Waals surface area contributed by atoms with E-state index < -0.39 is 7.32 Å². The second kappa shape index (κ2) is 17.2. The van der Waals surface area contributed by atoms with Crippen LogP contribution >= 0.6 is 0 Å². The lowest BCUT2D eigenvalue weighted by atomic mass is 10.2. The summed E-state index contributed by atoms with van der Waals surface area (Å²) in [5.41, 5.74) is 0. The molecule has 0 aliphatic heterocycles. The largest absolute Gasteiger partial charge is 0.639 e. The first-order valence-corrected chi connectivity index (χ1v) is 10.2. The molecule has 0 N–H and O–H groups in total. The van der Waals surface area contributed by atoms with Crippen molar-refractivity contribution in [1.82, 2.24) is 14.7 Å². The summed E-state index contributed by atoms with van der Waals surface area (Å²) >= 11 is 0. The summed E-state index contributed by atoms with van der Waals surface area (Å²) in [6.45, 7) is 23.8. The van der Waals surface area contributed by atoms with Gasteiger partial charge in [0.25, 0.3) is 0 Å². The third-order valence-electron chi connectivity index (χ3n) is 4.67. The SMILES string of the molecule is CCN(CC)CCOB(OCCN(CC)CC)OCCN(CC)CC. The Labute approximate surface area is 156 Å². The Bertz CT molecular complexity index is 233. The number of hydrogen-bond acceptors (Lipinski definition) is 6. The average molecular weight is 359 g/mol. The minimum absolute atomic E-state index is 0.568. The summed E-state index contributed by atoms with van der Waals surface area (Å²) in [5, 5.41) is 0. The lowest BCUT2D eigenvalue weighted by Crippen LogP contribution is -2.37. The fourth-order valence-corrected chi connectivity index (χ4v) is 2.60. The fourth-order valence-electron chi connectivity index (χ4n) is 2.60. The van der Waals surface area contributed by atoms with Gasteiger partial charge in [-0.15, -0.1) is 0 Å². The van der Waals surface area contributed by atoms with Crippen molar-refractivity contribution in [1.29, 1.82) is 0 Å². The highest BCUT2D eigenvalue weighted by Crippen LogP contribution is 1.98. The van der Waals surface area contributed by atoms with E-state index in [-0.39, 0.29) is 0 Å². The molecule has 150 valence electrons. The van der Waals surface area contributed by atoms with E-state index in [0.717, 1.165) is 58.9 Å². The van der Waals surface area contributed by atoms with Crippen LogP contribution in [0.15, 0.2) is 0 Å². The maximum Gasteiger partial charge on any atom is 0.639 e. The molecule has 0 radical (unpaired) electrons. The molecule has 6 nitrogen and oxygen atoms in total. The van der Waals surface area contributed by atoms with E-state index in [1.807, 2.05) is 0 Å². The third-order valence-corrected chi connectivity index (χ3v) is 4.67. The van der Waals surface area contributed by atoms with Gasteiger partial charge in [-0.25, -0.2) is 0 Å². The fraction of sp³-hybridized carbons (Fsp3) is 1.00. The van der Waals surface area contributed by atoms with E-state index in [1.165, 1.54) is 0 Å². The molecule has 0 rings (SSSR count). The topological polar surface area (TPSA) is 37.4 Å². The van der Waals surface area contributed by atoms with Crippen LogP contribution < -0.4 is 0 Å². The van der Waals surface area contributed by atoms with Crippen molar-refractivity contribution < 1.29 is 14.0 Å². The molecule has 0 amide bonds. The van der Waals surface area contributed by atoms with Gasteiger partial charge in [0, 0.05) is 39.5 Å². The molecule has 0 heterocycles. The van der Waals surface area contributed by atoms with Crippen LogP contribution in [0.5, 0.6) is 0 Å². The van der Waals surface area contributed by atoms with Crippen LogP contribution in [0.4, 0.5) is 0 Å². The van der Waals surface area contributed by atoms with Crippen molar-refractivity contribution in [3.05, 3.63) is 0 Å². The predicted octanol–water partition coefficient (Wildman–Crippen LogP) is 2.05. The molecule has 0 aromatic rings. The number of nitrogens with zero attached hydrogens (tertiary/aromatic N) is 3. The smallest absolute Gasteiger partial charge is 0.385 e. The van der Waals surface area contributed by atoms with Crippen LogP contribution in [0.2, 0.25) is 0 Å². The van der Waals surface area contributed by atoms with Gasteiger partial charge in [0.2, 0.25) is 0 Å². The molecular weight excluding hydrogens is 317 g/mol. The summed E-state index contributed by atoms with van der Waals surface area (Å²) in [5.74, 6) is 0. The van der Waals surface area contributed by atoms with Gasteiger partial charge in [0.15, 0.2) is 0 Å². The summed E-state index contributed by atoms with van der Waals surface area (Å²) < 4.78 is 17.6. The summed E-state index contributed by atoms with van der Waals surface area (Å²) in [7, 11) is -0.568. The van der Waals surface area contributed by atoms with Crippen LogP contribution in [-0.2, 0) is 14.0 Å². The van der Waals surface area contributed by atoms with Crippen LogP contribution in [0.25, 0.3) is 0 Å². The number of hydrogen-bond donors (Lipinski definition) is 0. The molecule has 0 fully saturated rings. The van der Waals surface area contributed by atoms with E-state index in [4.69, 9.17) is 14.0 Å². The second-order valence-electron chi connectivity index (χ2n) is 5.98. The molecular formula is C18H42BN3O3. The minimum Gasteiger partial charge on any atom is -0.385 e. The maximum absolute atomic E-state index is 5.85. The first kappa shape index (κ1) is 24.8. The van der Waals surface area contributed by atoms with E-state index in [9.17, 15) is 0 Å². The second-order valence-corrected chi connectivity index (χ2v) is 5.98. The van der Waals surface area contributed by atoms with Crippen LogP contribution in [0, 0.1) is 0 Å². The molecule has 0 unspecified atom stereocenters. The van der Waals surface area contributed by atoms with Crippen LogP contribution in [0.1, 0.15) is 41.5 Å². The summed E-state index contributed by atoms with van der Waals surface area (Å²) in [4.78, 5) is 7.01. The number of rotatable bonds is 18. The minimum atomic E-state index is -0.568. The van der Waals surface area contributed by atoms with Gasteiger partial charge in [-0.05, 0) is 39.3 Å². The zero-order chi connectivity index (χ0) is 18.9. The Balaban J connectivity index is 4.24. The molecule has 0 saturated carbocycles.